The fourth-order valence-electron chi connectivity index (χ4n) is 5.09. The minimum absolute atomic E-state index is 0.0292. The van der Waals surface area contributed by atoms with Gasteiger partial charge in [-0.25, -0.2) is 27.5 Å². The molecule has 1 aromatic heterocycles. The summed E-state index contributed by atoms with van der Waals surface area (Å²) in [5, 5.41) is 6.15. The number of carbonyl (C=O) groups is 1. The Morgan fingerprint density at radius 3 is 2.77 bits per heavy atom. The predicted molar refractivity (Wildman–Crippen MR) is 126 cm³/mol. The number of benzene rings is 1. The molecular formula is C25H29ClF4N4O. The van der Waals surface area contributed by atoms with Crippen LogP contribution in [0.2, 0.25) is 5.28 Å². The molecule has 0 radical (unpaired) electrons. The van der Waals surface area contributed by atoms with E-state index < -0.39 is 35.9 Å². The number of hydrogen-bond acceptors (Lipinski definition) is 5. The highest BCUT2D eigenvalue weighted by Gasteiger charge is 2.32. The summed E-state index contributed by atoms with van der Waals surface area (Å²) in [6.45, 7) is 2.54. The third-order valence-electron chi connectivity index (χ3n) is 7.08. The van der Waals surface area contributed by atoms with Crippen LogP contribution in [0.4, 0.5) is 23.4 Å². The molecule has 2 aliphatic rings. The molecule has 0 spiro atoms. The third kappa shape index (κ3) is 5.94. The molecule has 3 unspecified atom stereocenters. The zero-order valence-electron chi connectivity index (χ0n) is 19.5. The van der Waals surface area contributed by atoms with E-state index in [0.717, 1.165) is 23.7 Å². The fraction of sp³-hybridized carbons (Fsp3) is 0.560. The smallest absolute Gasteiger partial charge is 0.266 e. The second-order valence-corrected chi connectivity index (χ2v) is 9.75. The summed E-state index contributed by atoms with van der Waals surface area (Å²) < 4.78 is 55.1. The number of ketones is 1. The van der Waals surface area contributed by atoms with E-state index in [1.54, 1.807) is 6.92 Å². The largest absolute Gasteiger partial charge is 0.363 e. The molecule has 2 aromatic rings. The number of carbonyl (C=O) groups excluding carboxylic acids is 1. The number of Topliss-reactive ketones (excluding diaryl/α,β-unsaturated/α-hetero) is 1. The van der Waals surface area contributed by atoms with E-state index in [1.165, 1.54) is 12.1 Å². The zero-order chi connectivity index (χ0) is 25.1. The molecule has 4 atom stereocenters. The van der Waals surface area contributed by atoms with Gasteiger partial charge in [-0.2, -0.15) is 0 Å². The van der Waals surface area contributed by atoms with Gasteiger partial charge in [0, 0.05) is 24.1 Å². The normalized spacial score (nSPS) is 23.1. The molecule has 1 aliphatic carbocycles. The lowest BCUT2D eigenvalue weighted by Crippen LogP contribution is -2.41. The van der Waals surface area contributed by atoms with Crippen molar-refractivity contribution in [2.24, 2.45) is 11.8 Å². The van der Waals surface area contributed by atoms with Gasteiger partial charge in [-0.05, 0) is 63.1 Å². The Morgan fingerprint density at radius 2 is 2.03 bits per heavy atom. The van der Waals surface area contributed by atoms with Crippen LogP contribution in [0.3, 0.4) is 0 Å². The molecule has 1 aromatic carbocycles. The van der Waals surface area contributed by atoms with E-state index in [-0.39, 0.29) is 29.1 Å². The number of nitrogens with one attached hydrogen (secondary N) is 2. The number of nitrogens with zero attached hydrogens (tertiary/aromatic N) is 2. The lowest BCUT2D eigenvalue weighted by molar-refractivity contribution is -0.126. The summed E-state index contributed by atoms with van der Waals surface area (Å²) in [6.07, 6.45) is -0.506. The quantitative estimate of drug-likeness (QED) is 0.346. The number of anilines is 1. The molecule has 0 saturated carbocycles. The monoisotopic (exact) mass is 512 g/mol. The van der Waals surface area contributed by atoms with Crippen molar-refractivity contribution >= 4 is 23.2 Å². The van der Waals surface area contributed by atoms with Gasteiger partial charge in [0.1, 0.15) is 23.6 Å². The van der Waals surface area contributed by atoms with Crippen LogP contribution in [-0.4, -0.2) is 35.0 Å². The van der Waals surface area contributed by atoms with Gasteiger partial charge in [0.15, 0.2) is 0 Å². The number of piperidine rings is 1. The molecule has 1 saturated heterocycles. The van der Waals surface area contributed by atoms with Gasteiger partial charge < -0.3 is 10.6 Å². The zero-order valence-corrected chi connectivity index (χ0v) is 20.2. The third-order valence-corrected chi connectivity index (χ3v) is 7.25. The number of aromatic nitrogens is 2. The first kappa shape index (κ1) is 25.8. The van der Waals surface area contributed by atoms with Crippen molar-refractivity contribution in [1.29, 1.82) is 0 Å². The highest BCUT2D eigenvalue weighted by molar-refractivity contribution is 6.28. The van der Waals surface area contributed by atoms with Crippen molar-refractivity contribution in [3.63, 3.8) is 0 Å². The first-order chi connectivity index (χ1) is 16.7. The molecule has 1 fully saturated rings. The summed E-state index contributed by atoms with van der Waals surface area (Å²) in [4.78, 5) is 21.2. The SMILES string of the molecule is C[C@@H](Nc1nc(Cl)nc2c1CC(CCC(=O)C1CCNCC1F)CC2)c1cccc(C(F)F)c1F. The van der Waals surface area contributed by atoms with Gasteiger partial charge >= 0.3 is 0 Å². The Kier molecular flexibility index (Phi) is 8.27. The van der Waals surface area contributed by atoms with Crippen LogP contribution < -0.4 is 10.6 Å². The first-order valence-corrected chi connectivity index (χ1v) is 12.4. The topological polar surface area (TPSA) is 66.9 Å². The summed E-state index contributed by atoms with van der Waals surface area (Å²) in [6, 6.07) is 3.28. The van der Waals surface area contributed by atoms with Crippen LogP contribution in [0.1, 0.15) is 67.5 Å². The van der Waals surface area contributed by atoms with Crippen molar-refractivity contribution < 1.29 is 22.4 Å². The Bertz CT molecular complexity index is 1070. The average Bonchev–Trinajstić information content (AvgIpc) is 2.82. The van der Waals surface area contributed by atoms with Gasteiger partial charge in [-0.3, -0.25) is 4.79 Å². The Balaban J connectivity index is 1.47. The van der Waals surface area contributed by atoms with Gasteiger partial charge in [0.25, 0.3) is 6.43 Å². The first-order valence-electron chi connectivity index (χ1n) is 12.0. The molecular weight excluding hydrogens is 484 g/mol. The lowest BCUT2D eigenvalue weighted by Gasteiger charge is -2.28. The summed E-state index contributed by atoms with van der Waals surface area (Å²) >= 11 is 6.13. The van der Waals surface area contributed by atoms with Gasteiger partial charge in [-0.1, -0.05) is 18.2 Å². The minimum Gasteiger partial charge on any atom is -0.363 e. The second kappa shape index (κ2) is 11.2. The van der Waals surface area contributed by atoms with Gasteiger partial charge in [0.2, 0.25) is 5.28 Å². The molecule has 2 heterocycles. The summed E-state index contributed by atoms with van der Waals surface area (Å²) in [7, 11) is 0. The highest BCUT2D eigenvalue weighted by atomic mass is 35.5. The maximum absolute atomic E-state index is 14.7. The number of halogens is 5. The summed E-state index contributed by atoms with van der Waals surface area (Å²) in [5.74, 6) is -0.889. The van der Waals surface area contributed by atoms with Crippen LogP contribution in [0, 0.1) is 17.7 Å². The number of aryl methyl sites for hydroxylation is 1. The second-order valence-electron chi connectivity index (χ2n) is 9.41. The molecule has 0 amide bonds. The Labute approximate surface area is 207 Å². The molecule has 35 heavy (non-hydrogen) atoms. The van der Waals surface area contributed by atoms with E-state index in [9.17, 15) is 22.4 Å². The summed E-state index contributed by atoms with van der Waals surface area (Å²) in [5.41, 5.74) is 1.08. The van der Waals surface area contributed by atoms with Crippen LogP contribution >= 0.6 is 11.6 Å². The average molecular weight is 513 g/mol. The van der Waals surface area contributed by atoms with E-state index in [0.29, 0.717) is 44.5 Å². The van der Waals surface area contributed by atoms with Crippen LogP contribution in [-0.2, 0) is 17.6 Å². The Morgan fingerprint density at radius 1 is 1.26 bits per heavy atom. The van der Waals surface area contributed by atoms with Gasteiger partial charge in [-0.15, -0.1) is 0 Å². The van der Waals surface area contributed by atoms with Crippen LogP contribution in [0.25, 0.3) is 0 Å². The molecule has 1 aliphatic heterocycles. The highest BCUT2D eigenvalue weighted by Crippen LogP contribution is 2.35. The number of fused-ring (bicyclic) bond motifs is 1. The molecule has 190 valence electrons. The van der Waals surface area contributed by atoms with Crippen molar-refractivity contribution in [2.45, 2.75) is 64.1 Å². The Hall–Kier alpha value is -2.26. The predicted octanol–water partition coefficient (Wildman–Crippen LogP) is 5.78. The molecule has 10 heteroatoms. The number of alkyl halides is 3. The molecule has 2 N–H and O–H groups in total. The van der Waals surface area contributed by atoms with E-state index in [1.807, 2.05) is 0 Å². The van der Waals surface area contributed by atoms with E-state index in [4.69, 9.17) is 11.6 Å². The minimum atomic E-state index is -2.91. The number of hydrogen-bond donors (Lipinski definition) is 2. The van der Waals surface area contributed by atoms with Crippen molar-refractivity contribution in [1.82, 2.24) is 15.3 Å². The number of rotatable bonds is 8. The fourth-order valence-corrected chi connectivity index (χ4v) is 5.27. The van der Waals surface area contributed by atoms with E-state index >= 15 is 0 Å². The van der Waals surface area contributed by atoms with Gasteiger partial charge in [0.05, 0.1) is 23.2 Å². The van der Waals surface area contributed by atoms with Crippen molar-refractivity contribution in [2.75, 3.05) is 18.4 Å². The molecule has 4 rings (SSSR count). The lowest BCUT2D eigenvalue weighted by atomic mass is 9.81. The molecule has 5 nitrogen and oxygen atoms in total. The maximum atomic E-state index is 14.7. The van der Waals surface area contributed by atoms with Crippen LogP contribution in [0.15, 0.2) is 18.2 Å². The van der Waals surface area contributed by atoms with E-state index in [2.05, 4.69) is 20.6 Å². The standard InChI is InChI=1S/C25H29ClF4N4O/c1-13(15-3-2-4-17(22(15)28)23(29)30)32-24-18-11-14(5-7-20(18)33-25(26)34-24)6-8-21(35)16-9-10-31-12-19(16)27/h2-4,13-14,16,19,23,31H,5-12H2,1H3,(H,32,33,34)/t13-,14?,16?,19?/m1/s1. The van der Waals surface area contributed by atoms with Crippen molar-refractivity contribution in [3.8, 4) is 0 Å². The van der Waals surface area contributed by atoms with Crippen molar-refractivity contribution in [3.05, 3.63) is 51.7 Å². The molecule has 0 bridgehead atoms. The maximum Gasteiger partial charge on any atom is 0.266 e. The van der Waals surface area contributed by atoms with Crippen LogP contribution in [0.5, 0.6) is 0 Å².